The van der Waals surface area contributed by atoms with Crippen LogP contribution in [0.15, 0.2) is 40.8 Å². The second kappa shape index (κ2) is 6.77. The van der Waals surface area contributed by atoms with Gasteiger partial charge in [-0.1, -0.05) is 12.1 Å². The van der Waals surface area contributed by atoms with E-state index < -0.39 is 5.97 Å². The quantitative estimate of drug-likeness (QED) is 0.858. The first-order valence-corrected chi connectivity index (χ1v) is 7.47. The van der Waals surface area contributed by atoms with Gasteiger partial charge >= 0.3 is 5.97 Å². The summed E-state index contributed by atoms with van der Waals surface area (Å²) in [6.45, 7) is 2.32. The summed E-state index contributed by atoms with van der Waals surface area (Å²) < 4.78 is 11.3. The lowest BCUT2D eigenvalue weighted by Crippen LogP contribution is -2.25. The van der Waals surface area contributed by atoms with E-state index in [-0.39, 0.29) is 5.56 Å². The average molecular weight is 301 g/mol. The normalized spacial score (nSPS) is 17.7. The van der Waals surface area contributed by atoms with Crippen molar-refractivity contribution in [2.45, 2.75) is 25.5 Å². The zero-order chi connectivity index (χ0) is 15.4. The van der Waals surface area contributed by atoms with Gasteiger partial charge in [0.05, 0.1) is 18.2 Å². The molecule has 116 valence electrons. The molecule has 0 amide bonds. The van der Waals surface area contributed by atoms with Crippen LogP contribution in [0.4, 0.5) is 0 Å². The van der Waals surface area contributed by atoms with Crippen LogP contribution in [0.3, 0.4) is 0 Å². The number of nitrogens with one attached hydrogen (secondary N) is 1. The van der Waals surface area contributed by atoms with E-state index in [2.05, 4.69) is 5.32 Å². The van der Waals surface area contributed by atoms with Crippen LogP contribution in [0.2, 0.25) is 0 Å². The molecule has 0 aliphatic carbocycles. The van der Waals surface area contributed by atoms with Crippen molar-refractivity contribution < 1.29 is 19.1 Å². The van der Waals surface area contributed by atoms with Crippen molar-refractivity contribution in [3.8, 4) is 11.3 Å². The van der Waals surface area contributed by atoms with Crippen LogP contribution in [0.1, 0.15) is 29.0 Å². The lowest BCUT2D eigenvalue weighted by molar-refractivity contribution is 0.0697. The molecule has 1 fully saturated rings. The van der Waals surface area contributed by atoms with E-state index in [9.17, 15) is 4.79 Å². The Bertz CT molecular complexity index is 644. The standard InChI is InChI=1S/C17H19NO4/c19-17(20)13-4-1-3-12(9-13)16-7-6-15(22-16)11-18-10-14-5-2-8-21-14/h1,3-4,6-7,9,14,18H,2,5,8,10-11H2,(H,19,20). The molecular formula is C17H19NO4. The monoisotopic (exact) mass is 301 g/mol. The minimum absolute atomic E-state index is 0.256. The van der Waals surface area contributed by atoms with E-state index in [1.54, 1.807) is 18.2 Å². The molecule has 22 heavy (non-hydrogen) atoms. The summed E-state index contributed by atoms with van der Waals surface area (Å²) in [7, 11) is 0. The fourth-order valence-corrected chi connectivity index (χ4v) is 2.60. The molecule has 1 atom stereocenters. The molecule has 2 aromatic rings. The van der Waals surface area contributed by atoms with Crippen molar-refractivity contribution in [1.82, 2.24) is 5.32 Å². The van der Waals surface area contributed by atoms with Crippen molar-refractivity contribution in [1.29, 1.82) is 0 Å². The Morgan fingerprint density at radius 1 is 1.32 bits per heavy atom. The minimum atomic E-state index is -0.938. The number of carboxylic acids is 1. The number of carboxylic acid groups (broad SMARTS) is 1. The molecule has 2 heterocycles. The Hall–Kier alpha value is -2.11. The van der Waals surface area contributed by atoms with Crippen LogP contribution in [-0.2, 0) is 11.3 Å². The van der Waals surface area contributed by atoms with Gasteiger partial charge in [0, 0.05) is 18.7 Å². The first-order valence-electron chi connectivity index (χ1n) is 7.47. The number of furan rings is 1. The van der Waals surface area contributed by atoms with Crippen LogP contribution in [0, 0.1) is 0 Å². The van der Waals surface area contributed by atoms with Crippen molar-refractivity contribution in [3.05, 3.63) is 47.7 Å². The molecule has 0 radical (unpaired) electrons. The van der Waals surface area contributed by atoms with Crippen molar-refractivity contribution >= 4 is 5.97 Å². The molecule has 0 saturated carbocycles. The molecule has 0 bridgehead atoms. The minimum Gasteiger partial charge on any atom is -0.478 e. The summed E-state index contributed by atoms with van der Waals surface area (Å²) in [6, 6.07) is 10.5. The highest BCUT2D eigenvalue weighted by molar-refractivity contribution is 5.89. The molecular weight excluding hydrogens is 282 g/mol. The van der Waals surface area contributed by atoms with E-state index in [1.807, 2.05) is 18.2 Å². The fraction of sp³-hybridized carbons (Fsp3) is 0.353. The number of rotatable bonds is 6. The smallest absolute Gasteiger partial charge is 0.335 e. The van der Waals surface area contributed by atoms with Crippen LogP contribution in [0.25, 0.3) is 11.3 Å². The van der Waals surface area contributed by atoms with Gasteiger partial charge in [-0.2, -0.15) is 0 Å². The number of aromatic carboxylic acids is 1. The second-order valence-electron chi connectivity index (χ2n) is 5.42. The summed E-state index contributed by atoms with van der Waals surface area (Å²) in [5.41, 5.74) is 1.03. The van der Waals surface area contributed by atoms with Crippen molar-refractivity contribution in [3.63, 3.8) is 0 Å². The highest BCUT2D eigenvalue weighted by atomic mass is 16.5. The van der Waals surface area contributed by atoms with Gasteiger partial charge < -0.3 is 19.6 Å². The zero-order valence-corrected chi connectivity index (χ0v) is 12.2. The topological polar surface area (TPSA) is 71.7 Å². The molecule has 3 rings (SSSR count). The Morgan fingerprint density at radius 3 is 3.00 bits per heavy atom. The van der Waals surface area contributed by atoms with Gasteiger partial charge in [-0.3, -0.25) is 0 Å². The number of benzene rings is 1. The maximum absolute atomic E-state index is 11.0. The molecule has 1 aliphatic heterocycles. The molecule has 1 aromatic carbocycles. The SMILES string of the molecule is O=C(O)c1cccc(-c2ccc(CNCC3CCCO3)o2)c1. The summed E-state index contributed by atoms with van der Waals surface area (Å²) in [5, 5.41) is 12.4. The van der Waals surface area contributed by atoms with Gasteiger partial charge in [0.25, 0.3) is 0 Å². The molecule has 1 aromatic heterocycles. The van der Waals surface area contributed by atoms with E-state index in [1.165, 1.54) is 0 Å². The number of hydrogen-bond donors (Lipinski definition) is 2. The first-order chi connectivity index (χ1) is 10.7. The molecule has 1 saturated heterocycles. The molecule has 1 unspecified atom stereocenters. The summed E-state index contributed by atoms with van der Waals surface area (Å²) in [6.07, 6.45) is 2.55. The number of carbonyl (C=O) groups is 1. The predicted molar refractivity (Wildman–Crippen MR) is 81.8 cm³/mol. The molecule has 5 heteroatoms. The summed E-state index contributed by atoms with van der Waals surface area (Å²) in [5.74, 6) is 0.567. The summed E-state index contributed by atoms with van der Waals surface area (Å²) >= 11 is 0. The first kappa shape index (κ1) is 14.8. The highest BCUT2D eigenvalue weighted by Crippen LogP contribution is 2.23. The fourth-order valence-electron chi connectivity index (χ4n) is 2.60. The van der Waals surface area contributed by atoms with Gasteiger partial charge in [0.2, 0.25) is 0 Å². The van der Waals surface area contributed by atoms with Crippen molar-refractivity contribution in [2.24, 2.45) is 0 Å². The van der Waals surface area contributed by atoms with Crippen LogP contribution in [-0.4, -0.2) is 30.3 Å². The molecule has 2 N–H and O–H groups in total. The van der Waals surface area contributed by atoms with Gasteiger partial charge in [0.1, 0.15) is 11.5 Å². The van der Waals surface area contributed by atoms with E-state index in [0.717, 1.165) is 37.3 Å². The Kier molecular flexibility index (Phi) is 4.56. The maximum atomic E-state index is 11.0. The lowest BCUT2D eigenvalue weighted by Gasteiger charge is -2.09. The third kappa shape index (κ3) is 3.55. The largest absolute Gasteiger partial charge is 0.478 e. The zero-order valence-electron chi connectivity index (χ0n) is 12.2. The van der Waals surface area contributed by atoms with Gasteiger partial charge in [-0.15, -0.1) is 0 Å². The van der Waals surface area contributed by atoms with Gasteiger partial charge in [-0.05, 0) is 37.1 Å². The molecule has 0 spiro atoms. The lowest BCUT2D eigenvalue weighted by atomic mass is 10.1. The third-order valence-corrected chi connectivity index (χ3v) is 3.75. The van der Waals surface area contributed by atoms with E-state index in [0.29, 0.717) is 18.4 Å². The highest BCUT2D eigenvalue weighted by Gasteiger charge is 2.15. The third-order valence-electron chi connectivity index (χ3n) is 3.75. The second-order valence-corrected chi connectivity index (χ2v) is 5.42. The van der Waals surface area contributed by atoms with Gasteiger partial charge in [-0.25, -0.2) is 4.79 Å². The number of hydrogen-bond acceptors (Lipinski definition) is 4. The van der Waals surface area contributed by atoms with Crippen LogP contribution < -0.4 is 5.32 Å². The Labute approximate surface area is 128 Å². The summed E-state index contributed by atoms with van der Waals surface area (Å²) in [4.78, 5) is 11.0. The Morgan fingerprint density at radius 2 is 2.23 bits per heavy atom. The molecule has 5 nitrogen and oxygen atoms in total. The van der Waals surface area contributed by atoms with Crippen LogP contribution >= 0.6 is 0 Å². The van der Waals surface area contributed by atoms with E-state index in [4.69, 9.17) is 14.3 Å². The van der Waals surface area contributed by atoms with Crippen LogP contribution in [0.5, 0.6) is 0 Å². The Balaban J connectivity index is 1.60. The van der Waals surface area contributed by atoms with Crippen molar-refractivity contribution in [2.75, 3.05) is 13.2 Å². The maximum Gasteiger partial charge on any atom is 0.335 e. The van der Waals surface area contributed by atoms with E-state index >= 15 is 0 Å². The number of ether oxygens (including phenoxy) is 1. The van der Waals surface area contributed by atoms with Gasteiger partial charge in [0.15, 0.2) is 0 Å². The average Bonchev–Trinajstić information content (AvgIpc) is 3.19. The molecule has 1 aliphatic rings. The predicted octanol–water partition coefficient (Wildman–Crippen LogP) is 2.91.